The van der Waals surface area contributed by atoms with Crippen LogP contribution in [0.2, 0.25) is 0 Å². The van der Waals surface area contributed by atoms with E-state index < -0.39 is 0 Å². The maximum atomic E-state index is 12.4. The molecule has 0 spiro atoms. The van der Waals surface area contributed by atoms with Gasteiger partial charge in [0.1, 0.15) is 5.75 Å². The number of ether oxygens (including phenoxy) is 1. The molecule has 27 heavy (non-hydrogen) atoms. The maximum Gasteiger partial charge on any atom is 0.225 e. The van der Waals surface area contributed by atoms with Gasteiger partial charge in [-0.15, -0.1) is 0 Å². The Balaban J connectivity index is 1.42. The van der Waals surface area contributed by atoms with Crippen molar-refractivity contribution in [2.45, 2.75) is 44.9 Å². The van der Waals surface area contributed by atoms with E-state index in [1.54, 1.807) is 7.11 Å². The molecule has 0 radical (unpaired) electrons. The third-order valence-corrected chi connectivity index (χ3v) is 5.52. The van der Waals surface area contributed by atoms with Crippen LogP contribution in [-0.2, 0) is 16.0 Å². The Morgan fingerprint density at radius 1 is 1.30 bits per heavy atom. The van der Waals surface area contributed by atoms with Crippen molar-refractivity contribution in [2.75, 3.05) is 26.7 Å². The molecular formula is C22H30N2O3. The summed E-state index contributed by atoms with van der Waals surface area (Å²) in [5, 5.41) is 3.03. The molecule has 2 amide bonds. The van der Waals surface area contributed by atoms with Crippen LogP contribution in [0.15, 0.2) is 35.9 Å². The van der Waals surface area contributed by atoms with Crippen LogP contribution in [0.4, 0.5) is 0 Å². The van der Waals surface area contributed by atoms with E-state index in [2.05, 4.69) is 11.4 Å². The molecule has 0 aromatic heterocycles. The number of nitrogens with one attached hydrogen (secondary N) is 1. The highest BCUT2D eigenvalue weighted by Crippen LogP contribution is 2.21. The van der Waals surface area contributed by atoms with Gasteiger partial charge in [-0.2, -0.15) is 0 Å². The molecule has 1 aromatic rings. The van der Waals surface area contributed by atoms with Crippen LogP contribution in [0.3, 0.4) is 0 Å². The third-order valence-electron chi connectivity index (χ3n) is 5.52. The number of allylic oxidation sites excluding steroid dienone is 1. The number of likely N-dealkylation sites (tertiary alicyclic amines) is 1. The van der Waals surface area contributed by atoms with Crippen LogP contribution in [0.25, 0.3) is 0 Å². The van der Waals surface area contributed by atoms with Crippen molar-refractivity contribution in [1.29, 1.82) is 0 Å². The Morgan fingerprint density at radius 2 is 2.19 bits per heavy atom. The number of hydrogen-bond acceptors (Lipinski definition) is 3. The zero-order valence-electron chi connectivity index (χ0n) is 16.2. The molecule has 1 aliphatic heterocycles. The molecule has 5 heteroatoms. The van der Waals surface area contributed by atoms with Gasteiger partial charge in [-0.25, -0.2) is 0 Å². The topological polar surface area (TPSA) is 58.6 Å². The minimum Gasteiger partial charge on any atom is -0.497 e. The van der Waals surface area contributed by atoms with E-state index in [-0.39, 0.29) is 17.7 Å². The van der Waals surface area contributed by atoms with Crippen molar-refractivity contribution in [3.05, 3.63) is 41.5 Å². The van der Waals surface area contributed by atoms with Crippen LogP contribution < -0.4 is 10.1 Å². The molecule has 1 aromatic carbocycles. The highest BCUT2D eigenvalue weighted by atomic mass is 16.5. The van der Waals surface area contributed by atoms with E-state index in [9.17, 15) is 9.59 Å². The number of methoxy groups -OCH3 is 1. The summed E-state index contributed by atoms with van der Waals surface area (Å²) in [5.74, 6) is 0.699. The lowest BCUT2D eigenvalue weighted by atomic mass is 9.97. The lowest BCUT2D eigenvalue weighted by molar-refractivity contribution is -0.129. The number of benzene rings is 1. The zero-order chi connectivity index (χ0) is 19.1. The number of carbonyl (C=O) groups excluding carboxylic acids is 2. The number of rotatable bonds is 8. The summed E-state index contributed by atoms with van der Waals surface area (Å²) in [7, 11) is 1.65. The summed E-state index contributed by atoms with van der Waals surface area (Å²) in [4.78, 5) is 26.5. The molecule has 2 aliphatic rings. The van der Waals surface area contributed by atoms with Gasteiger partial charge in [0.15, 0.2) is 0 Å². The van der Waals surface area contributed by atoms with Crippen LogP contribution in [0.5, 0.6) is 5.75 Å². The normalized spacial score (nSPS) is 19.7. The van der Waals surface area contributed by atoms with E-state index >= 15 is 0 Å². The molecule has 0 bridgehead atoms. The molecule has 1 atom stereocenters. The zero-order valence-corrected chi connectivity index (χ0v) is 16.2. The summed E-state index contributed by atoms with van der Waals surface area (Å²) >= 11 is 0. The summed E-state index contributed by atoms with van der Waals surface area (Å²) in [6, 6.07) is 7.89. The largest absolute Gasteiger partial charge is 0.497 e. The van der Waals surface area contributed by atoms with Gasteiger partial charge in [0.05, 0.1) is 13.0 Å². The first kappa shape index (κ1) is 19.5. The molecule has 1 heterocycles. The quantitative estimate of drug-likeness (QED) is 0.716. The molecule has 146 valence electrons. The molecule has 5 nitrogen and oxygen atoms in total. The molecule has 1 N–H and O–H groups in total. The molecule has 1 saturated heterocycles. The number of amides is 2. The summed E-state index contributed by atoms with van der Waals surface area (Å²) < 4.78 is 5.24. The average molecular weight is 370 g/mol. The minimum atomic E-state index is -0.219. The fraction of sp³-hybridized carbons (Fsp3) is 0.545. The minimum absolute atomic E-state index is 0.0173. The monoisotopic (exact) mass is 370 g/mol. The fourth-order valence-corrected chi connectivity index (χ4v) is 3.88. The van der Waals surface area contributed by atoms with Gasteiger partial charge >= 0.3 is 0 Å². The van der Waals surface area contributed by atoms with Crippen molar-refractivity contribution in [2.24, 2.45) is 5.92 Å². The van der Waals surface area contributed by atoms with Crippen LogP contribution in [0, 0.1) is 5.92 Å². The first-order chi connectivity index (χ1) is 13.2. The summed E-state index contributed by atoms with van der Waals surface area (Å²) in [6.45, 7) is 1.85. The van der Waals surface area contributed by atoms with Crippen molar-refractivity contribution >= 4 is 11.8 Å². The third kappa shape index (κ3) is 5.59. The second-order valence-corrected chi connectivity index (χ2v) is 7.49. The van der Waals surface area contributed by atoms with Crippen molar-refractivity contribution in [3.63, 3.8) is 0 Å². The lowest BCUT2D eigenvalue weighted by Gasteiger charge is -2.17. The Morgan fingerprint density at radius 3 is 2.96 bits per heavy atom. The lowest BCUT2D eigenvalue weighted by Crippen LogP contribution is -2.34. The SMILES string of the molecule is COc1cccc(CCN2CC(C(=O)NCCC3=CCCCC3)CC2=O)c1. The fourth-order valence-electron chi connectivity index (χ4n) is 3.88. The Bertz CT molecular complexity index is 699. The van der Waals surface area contributed by atoms with E-state index in [1.807, 2.05) is 29.2 Å². The molecular weight excluding hydrogens is 340 g/mol. The predicted octanol–water partition coefficient (Wildman–Crippen LogP) is 3.09. The second kappa shape index (κ2) is 9.58. The van der Waals surface area contributed by atoms with Gasteiger partial charge < -0.3 is 15.0 Å². The second-order valence-electron chi connectivity index (χ2n) is 7.49. The predicted molar refractivity (Wildman–Crippen MR) is 106 cm³/mol. The Kier molecular flexibility index (Phi) is 6.91. The van der Waals surface area contributed by atoms with Gasteiger partial charge in [0.25, 0.3) is 0 Å². The smallest absolute Gasteiger partial charge is 0.225 e. The van der Waals surface area contributed by atoms with E-state index in [0.29, 0.717) is 26.1 Å². The van der Waals surface area contributed by atoms with Crippen molar-refractivity contribution < 1.29 is 14.3 Å². The van der Waals surface area contributed by atoms with Gasteiger partial charge in [0, 0.05) is 26.1 Å². The van der Waals surface area contributed by atoms with Gasteiger partial charge in [-0.3, -0.25) is 9.59 Å². The molecule has 1 aliphatic carbocycles. The standard InChI is InChI=1S/C22H30N2O3/c1-27-20-9-5-8-18(14-20)11-13-24-16-19(15-21(24)25)22(26)23-12-10-17-6-3-2-4-7-17/h5-6,8-9,14,19H,2-4,7,10-13,15-16H2,1H3,(H,23,26). The van der Waals surface area contributed by atoms with Crippen LogP contribution in [0.1, 0.15) is 44.1 Å². The van der Waals surface area contributed by atoms with Crippen LogP contribution in [-0.4, -0.2) is 43.5 Å². The number of carbonyl (C=O) groups is 2. The highest BCUT2D eigenvalue weighted by Gasteiger charge is 2.33. The van der Waals surface area contributed by atoms with E-state index in [1.165, 1.54) is 24.8 Å². The van der Waals surface area contributed by atoms with E-state index in [4.69, 9.17) is 4.74 Å². The Hall–Kier alpha value is -2.30. The van der Waals surface area contributed by atoms with Gasteiger partial charge in [-0.05, 0) is 56.2 Å². The first-order valence-electron chi connectivity index (χ1n) is 10.0. The number of nitrogens with zero attached hydrogens (tertiary/aromatic N) is 1. The molecule has 1 unspecified atom stereocenters. The van der Waals surface area contributed by atoms with Crippen molar-refractivity contribution in [1.82, 2.24) is 10.2 Å². The van der Waals surface area contributed by atoms with Gasteiger partial charge in [0.2, 0.25) is 11.8 Å². The molecule has 1 fully saturated rings. The summed E-state index contributed by atoms with van der Waals surface area (Å²) in [5.41, 5.74) is 2.60. The average Bonchev–Trinajstić information content (AvgIpc) is 3.08. The maximum absolute atomic E-state index is 12.4. The molecule has 0 saturated carbocycles. The number of hydrogen-bond donors (Lipinski definition) is 1. The first-order valence-corrected chi connectivity index (χ1v) is 10.0. The van der Waals surface area contributed by atoms with Crippen molar-refractivity contribution in [3.8, 4) is 5.75 Å². The van der Waals surface area contributed by atoms with Gasteiger partial charge in [-0.1, -0.05) is 23.8 Å². The molecule has 3 rings (SSSR count). The Labute approximate surface area is 161 Å². The summed E-state index contributed by atoms with van der Waals surface area (Å²) in [6.07, 6.45) is 9.22. The highest BCUT2D eigenvalue weighted by molar-refractivity contribution is 5.89. The van der Waals surface area contributed by atoms with Crippen LogP contribution >= 0.6 is 0 Å². The van der Waals surface area contributed by atoms with E-state index in [0.717, 1.165) is 30.6 Å².